The Kier molecular flexibility index (Phi) is 5.99. The maximum Gasteiger partial charge on any atom is 0.107 e. The molecule has 1 aliphatic heterocycles. The smallest absolute Gasteiger partial charge is 0.107 e. The van der Waals surface area contributed by atoms with Gasteiger partial charge in [0.25, 0.3) is 0 Å². The van der Waals surface area contributed by atoms with Crippen molar-refractivity contribution in [3.63, 3.8) is 0 Å². The quantitative estimate of drug-likeness (QED) is 0.864. The van der Waals surface area contributed by atoms with E-state index in [1.54, 1.807) is 7.05 Å². The van der Waals surface area contributed by atoms with Crippen LogP contribution in [0.2, 0.25) is 0 Å². The Morgan fingerprint density at radius 2 is 2.00 bits per heavy atom. The fraction of sp³-hybridized carbons (Fsp3) is 0.316. The maximum absolute atomic E-state index is 12.4. The molecule has 1 aromatic carbocycles. The number of hydrogen-bond donors (Lipinski definition) is 1. The van der Waals surface area contributed by atoms with Crippen LogP contribution in [0.4, 0.5) is 10.1 Å². The van der Waals surface area contributed by atoms with Crippen molar-refractivity contribution in [1.82, 2.24) is 5.32 Å². The van der Waals surface area contributed by atoms with Gasteiger partial charge in [-0.05, 0) is 42.7 Å². The molecular weight excluding hydrogens is 289 g/mol. The monoisotopic (exact) mass is 311 g/mol. The molecule has 0 saturated carbocycles. The average Bonchev–Trinajstić information content (AvgIpc) is 2.96. The highest BCUT2D eigenvalue weighted by Gasteiger charge is 2.12. The van der Waals surface area contributed by atoms with Crippen molar-refractivity contribution in [1.29, 1.82) is 0 Å². The summed E-state index contributed by atoms with van der Waals surface area (Å²) < 4.78 is 12.4. The van der Waals surface area contributed by atoms with E-state index in [0.717, 1.165) is 34.8 Å². The third kappa shape index (κ3) is 4.46. The van der Waals surface area contributed by atoms with E-state index >= 15 is 0 Å². The Hall–Kier alpha value is -2.54. The van der Waals surface area contributed by atoms with Gasteiger partial charge in [0.05, 0.1) is 17.1 Å². The van der Waals surface area contributed by atoms with Gasteiger partial charge < -0.3 is 10.2 Å². The Balaban J connectivity index is 2.09. The van der Waals surface area contributed by atoms with Crippen LogP contribution in [0.15, 0.2) is 52.8 Å². The summed E-state index contributed by atoms with van der Waals surface area (Å²) in [6.07, 6.45) is 5.00. The molecule has 0 amide bonds. The van der Waals surface area contributed by atoms with Gasteiger partial charge in [-0.25, -0.2) is 4.39 Å². The zero-order valence-electron chi connectivity index (χ0n) is 13.9. The summed E-state index contributed by atoms with van der Waals surface area (Å²) in [5.41, 5.74) is 4.71. The number of hydrogen-bond acceptors (Lipinski definition) is 3. The molecular formula is C19H22FN3. The van der Waals surface area contributed by atoms with Gasteiger partial charge >= 0.3 is 0 Å². The Morgan fingerprint density at radius 3 is 2.61 bits per heavy atom. The standard InChI is InChI=1S/C19H22FN3/c1-4-5-18-19(21-2)14-16(22-18)9-6-15-7-10-17(11-8-15)23(3)13-12-20/h5,7-8,10-11,14,22H,4,12-13H2,1-3H3/b18-5+,21-19-. The predicted octanol–water partition coefficient (Wildman–Crippen LogP) is 3.30. The van der Waals surface area contributed by atoms with E-state index in [0.29, 0.717) is 6.54 Å². The van der Waals surface area contributed by atoms with Crippen LogP contribution >= 0.6 is 0 Å². The predicted molar refractivity (Wildman–Crippen MR) is 95.5 cm³/mol. The first-order chi connectivity index (χ1) is 11.2. The molecule has 0 aliphatic carbocycles. The van der Waals surface area contributed by atoms with Crippen LogP contribution in [0.1, 0.15) is 18.9 Å². The van der Waals surface area contributed by atoms with Crippen molar-refractivity contribution in [2.75, 3.05) is 32.2 Å². The first-order valence-electron chi connectivity index (χ1n) is 7.73. The number of allylic oxidation sites excluding steroid dienone is 3. The van der Waals surface area contributed by atoms with Crippen molar-refractivity contribution < 1.29 is 4.39 Å². The van der Waals surface area contributed by atoms with Crippen molar-refractivity contribution in [3.05, 3.63) is 53.4 Å². The van der Waals surface area contributed by atoms with Gasteiger partial charge in [-0.2, -0.15) is 0 Å². The van der Waals surface area contributed by atoms with E-state index in [2.05, 4.69) is 35.1 Å². The van der Waals surface area contributed by atoms with Crippen molar-refractivity contribution in [2.45, 2.75) is 13.3 Å². The minimum absolute atomic E-state index is 0.354. The molecule has 1 aromatic rings. The third-order valence-corrected chi connectivity index (χ3v) is 3.55. The van der Waals surface area contributed by atoms with Gasteiger partial charge in [-0.1, -0.05) is 18.9 Å². The molecule has 0 aromatic heterocycles. The molecule has 3 nitrogen and oxygen atoms in total. The molecule has 0 radical (unpaired) electrons. The second-order valence-corrected chi connectivity index (χ2v) is 5.23. The summed E-state index contributed by atoms with van der Waals surface area (Å²) in [7, 11) is 3.65. The molecule has 4 heteroatoms. The Bertz CT molecular complexity index is 688. The lowest BCUT2D eigenvalue weighted by Crippen LogP contribution is -2.19. The lowest BCUT2D eigenvalue weighted by atomic mass is 10.2. The van der Waals surface area contributed by atoms with Crippen LogP contribution in [0, 0.1) is 11.8 Å². The highest BCUT2D eigenvalue weighted by atomic mass is 19.1. The maximum atomic E-state index is 12.4. The zero-order chi connectivity index (χ0) is 16.7. The van der Waals surface area contributed by atoms with Crippen LogP contribution in [-0.4, -0.2) is 33.0 Å². The Labute approximate surface area is 137 Å². The highest BCUT2D eigenvalue weighted by molar-refractivity contribution is 6.11. The van der Waals surface area contributed by atoms with Gasteiger partial charge in [-0.3, -0.25) is 4.99 Å². The van der Waals surface area contributed by atoms with E-state index in [4.69, 9.17) is 0 Å². The first-order valence-corrected chi connectivity index (χ1v) is 7.73. The number of anilines is 1. The molecule has 1 N–H and O–H groups in total. The summed E-state index contributed by atoms with van der Waals surface area (Å²) in [4.78, 5) is 6.13. The fourth-order valence-corrected chi connectivity index (χ4v) is 2.27. The largest absolute Gasteiger partial charge is 0.372 e. The van der Waals surface area contributed by atoms with Crippen molar-refractivity contribution in [3.8, 4) is 11.8 Å². The number of benzene rings is 1. The van der Waals surface area contributed by atoms with Crippen LogP contribution in [-0.2, 0) is 0 Å². The summed E-state index contributed by atoms with van der Waals surface area (Å²) in [5, 5.41) is 3.28. The highest BCUT2D eigenvalue weighted by Crippen LogP contribution is 2.14. The molecule has 0 saturated heterocycles. The molecule has 0 bridgehead atoms. The molecule has 23 heavy (non-hydrogen) atoms. The van der Waals surface area contributed by atoms with Crippen LogP contribution in [0.5, 0.6) is 0 Å². The Morgan fingerprint density at radius 1 is 1.26 bits per heavy atom. The number of rotatable bonds is 4. The van der Waals surface area contributed by atoms with E-state index in [1.807, 2.05) is 42.3 Å². The third-order valence-electron chi connectivity index (χ3n) is 3.55. The van der Waals surface area contributed by atoms with Crippen LogP contribution in [0.3, 0.4) is 0 Å². The molecule has 0 atom stereocenters. The van der Waals surface area contributed by atoms with Crippen molar-refractivity contribution >= 4 is 11.4 Å². The number of halogens is 1. The normalized spacial score (nSPS) is 16.8. The molecule has 0 spiro atoms. The second-order valence-electron chi connectivity index (χ2n) is 5.23. The van der Waals surface area contributed by atoms with Crippen LogP contribution in [0.25, 0.3) is 0 Å². The second kappa shape index (κ2) is 8.19. The van der Waals surface area contributed by atoms with Gasteiger partial charge in [0.1, 0.15) is 6.67 Å². The molecule has 0 unspecified atom stereocenters. The van der Waals surface area contributed by atoms with E-state index in [1.165, 1.54) is 0 Å². The fourth-order valence-electron chi connectivity index (χ4n) is 2.27. The summed E-state index contributed by atoms with van der Waals surface area (Å²) in [6.45, 7) is 2.13. The molecule has 1 aliphatic rings. The zero-order valence-corrected chi connectivity index (χ0v) is 13.9. The van der Waals surface area contributed by atoms with Gasteiger partial charge in [0.2, 0.25) is 0 Å². The number of nitrogens with zero attached hydrogens (tertiary/aromatic N) is 2. The summed E-state index contributed by atoms with van der Waals surface area (Å²) >= 11 is 0. The summed E-state index contributed by atoms with van der Waals surface area (Å²) in [5.74, 6) is 6.27. The van der Waals surface area contributed by atoms with E-state index in [-0.39, 0.29) is 6.67 Å². The van der Waals surface area contributed by atoms with Gasteiger partial charge in [0.15, 0.2) is 0 Å². The number of nitrogens with one attached hydrogen (secondary N) is 1. The first kappa shape index (κ1) is 16.8. The minimum atomic E-state index is -0.354. The van der Waals surface area contributed by atoms with Crippen molar-refractivity contribution in [2.24, 2.45) is 4.99 Å². The lowest BCUT2D eigenvalue weighted by molar-refractivity contribution is 0.497. The van der Waals surface area contributed by atoms with Gasteiger partial charge in [0, 0.05) is 31.9 Å². The SMILES string of the molecule is CC/C=C1/NC(C#Cc2ccc(N(C)CCF)cc2)=C/C1=N/C. The van der Waals surface area contributed by atoms with E-state index < -0.39 is 0 Å². The molecule has 120 valence electrons. The molecule has 0 fully saturated rings. The van der Waals surface area contributed by atoms with E-state index in [9.17, 15) is 4.39 Å². The van der Waals surface area contributed by atoms with Gasteiger partial charge in [-0.15, -0.1) is 0 Å². The number of aliphatic imine (C=N–C) groups is 1. The summed E-state index contributed by atoms with van der Waals surface area (Å²) in [6, 6.07) is 7.81. The lowest BCUT2D eigenvalue weighted by Gasteiger charge is -2.16. The minimum Gasteiger partial charge on any atom is -0.372 e. The number of alkyl halides is 1. The topological polar surface area (TPSA) is 27.6 Å². The van der Waals surface area contributed by atoms with Crippen LogP contribution < -0.4 is 10.2 Å². The molecule has 1 heterocycles. The average molecular weight is 311 g/mol. The molecule has 2 rings (SSSR count).